The summed E-state index contributed by atoms with van der Waals surface area (Å²) >= 11 is 0. The molecule has 4 amide bonds. The third kappa shape index (κ3) is 12.6. The number of aryl methyl sites for hydroxylation is 4. The summed E-state index contributed by atoms with van der Waals surface area (Å²) in [5.41, 5.74) is 15.8. The molecule has 7 rings (SSSR count). The van der Waals surface area contributed by atoms with Gasteiger partial charge in [0, 0.05) is 81.0 Å². The monoisotopic (exact) mass is 1020 g/mol. The van der Waals surface area contributed by atoms with Gasteiger partial charge in [0.15, 0.2) is 5.82 Å². The quantitative estimate of drug-likeness (QED) is 0.0307. The van der Waals surface area contributed by atoms with Gasteiger partial charge in [0.25, 0.3) is 5.91 Å². The summed E-state index contributed by atoms with van der Waals surface area (Å²) in [5, 5.41) is 15.9. The van der Waals surface area contributed by atoms with Crippen LogP contribution in [-0.4, -0.2) is 119 Å². The number of benzene rings is 2. The van der Waals surface area contributed by atoms with E-state index in [4.69, 9.17) is 50.1 Å². The molecule has 5 aromatic heterocycles. The van der Waals surface area contributed by atoms with Gasteiger partial charge in [-0.05, 0) is 91.3 Å². The second-order valence-electron chi connectivity index (χ2n) is 18.2. The fraction of sp³-hybridized carbons (Fsp3) is 0.412. The molecule has 7 aromatic rings. The lowest BCUT2D eigenvalue weighted by atomic mass is 10.1. The Balaban J connectivity index is 1.24. The number of carbonyl (C=O) groups excluding carboxylic acids is 5. The van der Waals surface area contributed by atoms with E-state index in [1.54, 1.807) is 80.6 Å². The fourth-order valence-corrected chi connectivity index (χ4v) is 8.24. The van der Waals surface area contributed by atoms with E-state index >= 15 is 0 Å². The summed E-state index contributed by atoms with van der Waals surface area (Å²) in [6.45, 7) is 15.0. The molecule has 0 aliphatic heterocycles. The second-order valence-corrected chi connectivity index (χ2v) is 18.2. The molecular weight excluding hydrogens is 955 g/mol. The zero-order valence-electron chi connectivity index (χ0n) is 42.9. The van der Waals surface area contributed by atoms with Crippen molar-refractivity contribution in [2.24, 2.45) is 11.5 Å². The number of hydrogen-bond acceptors (Lipinski definition) is 15. The summed E-state index contributed by atoms with van der Waals surface area (Å²) in [5.74, 6) is -1.03. The molecule has 0 spiro atoms. The highest BCUT2D eigenvalue weighted by molar-refractivity contribution is 6.12. The van der Waals surface area contributed by atoms with E-state index in [0.717, 1.165) is 5.69 Å². The van der Waals surface area contributed by atoms with Crippen LogP contribution in [0.5, 0.6) is 11.5 Å². The predicted octanol–water partition coefficient (Wildman–Crippen LogP) is 6.00. The van der Waals surface area contributed by atoms with Gasteiger partial charge in [-0.25, -0.2) is 19.7 Å². The smallest absolute Gasteiger partial charge is 0.407 e. The molecule has 0 aliphatic rings. The third-order valence-corrected chi connectivity index (χ3v) is 11.4. The number of nitrogens with one attached hydrogen (secondary N) is 2. The van der Waals surface area contributed by atoms with Gasteiger partial charge in [-0.1, -0.05) is 12.2 Å². The molecule has 0 atom stereocenters. The molecule has 0 fully saturated rings. The first-order valence-electron chi connectivity index (χ1n) is 24.3. The van der Waals surface area contributed by atoms with Crippen LogP contribution in [0, 0.1) is 13.8 Å². The van der Waals surface area contributed by atoms with Crippen LogP contribution in [-0.2, 0) is 45.2 Å². The summed E-state index contributed by atoms with van der Waals surface area (Å²) < 4.78 is 35.4. The Labute approximate surface area is 426 Å². The molecule has 5 heterocycles. The number of anilines is 1. The molecule has 2 aromatic carbocycles. The third-order valence-electron chi connectivity index (χ3n) is 11.4. The fourth-order valence-electron chi connectivity index (χ4n) is 8.24. The van der Waals surface area contributed by atoms with Gasteiger partial charge in [-0.2, -0.15) is 10.2 Å². The first-order valence-corrected chi connectivity index (χ1v) is 24.3. The highest BCUT2D eigenvalue weighted by atomic mass is 16.6. The van der Waals surface area contributed by atoms with Crippen LogP contribution in [0.2, 0.25) is 0 Å². The normalized spacial score (nSPS) is 11.7. The van der Waals surface area contributed by atoms with Gasteiger partial charge < -0.3 is 49.6 Å². The molecule has 0 saturated heterocycles. The maximum atomic E-state index is 13.9. The number of nitrogens with zero attached hydrogens (tertiary/aromatic N) is 9. The van der Waals surface area contributed by atoms with Crippen molar-refractivity contribution >= 4 is 68.7 Å². The standard InChI is InChI=1S/C51H63N13O10/c1-9-63-37(23-30(3)59-63)46-55-29-35-34-25-32(44(52)66)27-39(71-20-13-16-54-50(69)73-22-15-41(65)74-51(5,6)7)42(34)61(47(35)57-46)17-11-12-18-62-43-36(26-33(45(53)67)28-40(43)72-21-14-19-70-8)56-49(62)58-48(68)38-24-31(4)60-64(38)10-2/h11-12,23-29H,9-10,13-22H2,1-8H3,(H2,52,66)(H2,53,67)(H,54,69)(H,56,58,68)/b12-11+. The van der Waals surface area contributed by atoms with Crippen LogP contribution in [0.4, 0.5) is 10.7 Å². The van der Waals surface area contributed by atoms with Gasteiger partial charge in [0.1, 0.15) is 46.3 Å². The van der Waals surface area contributed by atoms with Crippen molar-refractivity contribution in [2.45, 2.75) is 99.5 Å². The van der Waals surface area contributed by atoms with Crippen molar-refractivity contribution in [3.05, 3.63) is 83.0 Å². The first kappa shape index (κ1) is 53.5. The van der Waals surface area contributed by atoms with Crippen LogP contribution in [0.3, 0.4) is 0 Å². The average Bonchev–Trinajstić information content (AvgIpc) is 4.11. The number of imidazole rings is 1. The van der Waals surface area contributed by atoms with Crippen molar-refractivity contribution in [2.75, 3.05) is 45.4 Å². The average molecular weight is 1020 g/mol. The SMILES string of the molecule is CCn1nc(C)cc1C(=O)Nc1nc2cc(C(N)=O)cc(OCCCOC)c2n1C/C=C/Cn1c2nc(-c3cc(C)nn3CC)ncc2c2cc(C(N)=O)cc(OCCCNC(=O)OCCC(=O)OC(C)(C)C)c21. The van der Waals surface area contributed by atoms with Gasteiger partial charge >= 0.3 is 12.1 Å². The number of primary amides is 2. The number of ether oxygens (including phenoxy) is 5. The van der Waals surface area contributed by atoms with E-state index < -0.39 is 35.4 Å². The number of carbonyl (C=O) groups is 5. The zero-order chi connectivity index (χ0) is 53.3. The second kappa shape index (κ2) is 23.5. The maximum absolute atomic E-state index is 13.9. The highest BCUT2D eigenvalue weighted by Gasteiger charge is 2.24. The number of hydrogen-bond donors (Lipinski definition) is 4. The van der Waals surface area contributed by atoms with Crippen LogP contribution in [0.1, 0.15) is 96.5 Å². The Hall–Kier alpha value is -8.34. The number of rotatable bonds is 24. The lowest BCUT2D eigenvalue weighted by Gasteiger charge is -2.19. The Morgan fingerprint density at radius 2 is 1.39 bits per heavy atom. The largest absolute Gasteiger partial charge is 0.491 e. The first-order chi connectivity index (χ1) is 35.4. The van der Waals surface area contributed by atoms with Crippen molar-refractivity contribution in [1.82, 2.24) is 49.0 Å². The molecule has 23 heteroatoms. The summed E-state index contributed by atoms with van der Waals surface area (Å²) in [6, 6.07) is 9.96. The van der Waals surface area contributed by atoms with E-state index in [9.17, 15) is 24.0 Å². The maximum Gasteiger partial charge on any atom is 0.407 e. The lowest BCUT2D eigenvalue weighted by molar-refractivity contribution is -0.155. The molecule has 0 radical (unpaired) electrons. The highest BCUT2D eigenvalue weighted by Crippen LogP contribution is 2.37. The number of allylic oxidation sites excluding steroid dienone is 2. The molecule has 392 valence electrons. The van der Waals surface area contributed by atoms with Gasteiger partial charge in [0.05, 0.1) is 42.1 Å². The molecule has 0 saturated carbocycles. The van der Waals surface area contributed by atoms with E-state index in [1.807, 2.05) is 48.2 Å². The van der Waals surface area contributed by atoms with Crippen LogP contribution >= 0.6 is 0 Å². The lowest BCUT2D eigenvalue weighted by Crippen LogP contribution is -2.28. The Morgan fingerprint density at radius 3 is 2.07 bits per heavy atom. The molecule has 74 heavy (non-hydrogen) atoms. The summed E-state index contributed by atoms with van der Waals surface area (Å²) in [6.07, 6.45) is 5.60. The Morgan fingerprint density at radius 1 is 0.743 bits per heavy atom. The van der Waals surface area contributed by atoms with Crippen LogP contribution < -0.4 is 31.6 Å². The molecule has 0 unspecified atom stereocenters. The molecule has 23 nitrogen and oxygen atoms in total. The predicted molar refractivity (Wildman–Crippen MR) is 275 cm³/mol. The number of aromatic nitrogens is 9. The van der Waals surface area contributed by atoms with Crippen molar-refractivity contribution in [3.8, 4) is 23.0 Å². The van der Waals surface area contributed by atoms with Gasteiger partial charge in [-0.3, -0.25) is 33.9 Å². The minimum atomic E-state index is -0.703. The van der Waals surface area contributed by atoms with E-state index in [1.165, 1.54) is 0 Å². The summed E-state index contributed by atoms with van der Waals surface area (Å²) in [4.78, 5) is 78.4. The van der Waals surface area contributed by atoms with Crippen molar-refractivity contribution < 1.29 is 47.7 Å². The molecule has 6 N–H and O–H groups in total. The zero-order valence-corrected chi connectivity index (χ0v) is 42.9. The van der Waals surface area contributed by atoms with E-state index in [-0.39, 0.29) is 63.0 Å². The van der Waals surface area contributed by atoms with E-state index in [2.05, 4.69) is 20.8 Å². The molecule has 0 aliphatic carbocycles. The number of amides is 4. The number of esters is 1. The molecular formula is C51H63N13O10. The van der Waals surface area contributed by atoms with Gasteiger partial charge in [0.2, 0.25) is 17.8 Å². The number of alkyl carbamates (subject to hydrolysis) is 1. The minimum absolute atomic E-state index is 0.0893. The Kier molecular flexibility index (Phi) is 17.0. The topological polar surface area (TPSA) is 292 Å². The van der Waals surface area contributed by atoms with Gasteiger partial charge in [-0.15, -0.1) is 0 Å². The van der Waals surface area contributed by atoms with Crippen molar-refractivity contribution in [1.29, 1.82) is 0 Å². The van der Waals surface area contributed by atoms with E-state index in [0.29, 0.717) is 99.9 Å². The Bertz CT molecular complexity index is 3250. The number of nitrogens with two attached hydrogens (primary N) is 2. The van der Waals surface area contributed by atoms with Crippen LogP contribution in [0.15, 0.2) is 54.7 Å². The molecule has 0 bridgehead atoms. The van der Waals surface area contributed by atoms with Crippen LogP contribution in [0.25, 0.3) is 44.5 Å². The number of fused-ring (bicyclic) bond motifs is 4. The van der Waals surface area contributed by atoms with Crippen molar-refractivity contribution in [3.63, 3.8) is 0 Å². The summed E-state index contributed by atoms with van der Waals surface area (Å²) in [7, 11) is 1.59. The number of methoxy groups -OCH3 is 1. The minimum Gasteiger partial charge on any atom is -0.491 e.